The highest BCUT2D eigenvalue weighted by atomic mass is 16.6. The maximum Gasteiger partial charge on any atom is 0.300 e. The fourth-order valence-corrected chi connectivity index (χ4v) is 4.71. The highest BCUT2D eigenvalue weighted by Crippen LogP contribution is 2.46. The van der Waals surface area contributed by atoms with E-state index in [1.165, 1.54) is 36.3 Å². The zero-order chi connectivity index (χ0) is 25.6. The lowest BCUT2D eigenvalue weighted by molar-refractivity contribution is -0.384. The Morgan fingerprint density at radius 3 is 2.56 bits per heavy atom. The number of aromatic amines is 1. The number of ketones is 1. The number of hydrogen-bond donors (Lipinski definition) is 2. The van der Waals surface area contributed by atoms with Crippen LogP contribution in [0.1, 0.15) is 22.9 Å². The first kappa shape index (κ1) is 22.9. The summed E-state index contributed by atoms with van der Waals surface area (Å²) < 4.78 is 5.32. The van der Waals surface area contributed by atoms with Crippen molar-refractivity contribution < 1.29 is 24.4 Å². The van der Waals surface area contributed by atoms with Crippen molar-refractivity contribution in [2.75, 3.05) is 12.0 Å². The van der Waals surface area contributed by atoms with E-state index in [9.17, 15) is 24.8 Å². The van der Waals surface area contributed by atoms with Crippen molar-refractivity contribution in [3.05, 3.63) is 105 Å². The standard InChI is InChI=1S/C27H21N3O6/c1-15-22(20-11-3-4-12-21(20)28-15)24-23(25(31)16-7-5-9-18(13-16)30(34)35)26(32)27(33)29(24)17-8-6-10-19(14-17)36-2/h3-14,24,28,31H,1-2H3/b25-23+. The number of nitro groups is 1. The van der Waals surface area contributed by atoms with Crippen molar-refractivity contribution in [2.45, 2.75) is 13.0 Å². The Morgan fingerprint density at radius 1 is 1.06 bits per heavy atom. The van der Waals surface area contributed by atoms with Crippen LogP contribution in [0, 0.1) is 17.0 Å². The Bertz CT molecular complexity index is 1590. The van der Waals surface area contributed by atoms with Gasteiger partial charge in [0.1, 0.15) is 11.5 Å². The van der Waals surface area contributed by atoms with Gasteiger partial charge in [0.2, 0.25) is 0 Å². The summed E-state index contributed by atoms with van der Waals surface area (Å²) in [5.41, 5.74) is 2.22. The van der Waals surface area contributed by atoms with E-state index < -0.39 is 28.4 Å². The summed E-state index contributed by atoms with van der Waals surface area (Å²) in [6.45, 7) is 1.83. The predicted molar refractivity (Wildman–Crippen MR) is 134 cm³/mol. The molecule has 0 radical (unpaired) electrons. The van der Waals surface area contributed by atoms with E-state index in [1.807, 2.05) is 31.2 Å². The third kappa shape index (κ3) is 3.58. The number of H-pyrrole nitrogens is 1. The van der Waals surface area contributed by atoms with Gasteiger partial charge in [-0.1, -0.05) is 36.4 Å². The lowest BCUT2D eigenvalue weighted by atomic mass is 9.93. The summed E-state index contributed by atoms with van der Waals surface area (Å²) in [5, 5.41) is 23.4. The number of fused-ring (bicyclic) bond motifs is 1. The molecule has 4 aromatic rings. The number of aromatic nitrogens is 1. The number of nitro benzene ring substituents is 1. The van der Waals surface area contributed by atoms with Crippen LogP contribution in [0.2, 0.25) is 0 Å². The van der Waals surface area contributed by atoms with Gasteiger partial charge in [0.15, 0.2) is 0 Å². The third-order valence-corrected chi connectivity index (χ3v) is 6.32. The minimum Gasteiger partial charge on any atom is -0.507 e. The molecule has 9 heteroatoms. The van der Waals surface area contributed by atoms with E-state index in [0.717, 1.165) is 10.9 Å². The molecule has 0 spiro atoms. The number of non-ortho nitro benzene ring substituents is 1. The van der Waals surface area contributed by atoms with Crippen molar-refractivity contribution in [1.29, 1.82) is 0 Å². The number of aryl methyl sites for hydroxylation is 1. The molecule has 5 rings (SSSR count). The highest BCUT2D eigenvalue weighted by molar-refractivity contribution is 6.52. The molecule has 1 unspecified atom stereocenters. The molecule has 1 fully saturated rings. The predicted octanol–water partition coefficient (Wildman–Crippen LogP) is 5.02. The number of methoxy groups -OCH3 is 1. The summed E-state index contributed by atoms with van der Waals surface area (Å²) in [5.74, 6) is -1.72. The number of carbonyl (C=O) groups is 2. The van der Waals surface area contributed by atoms with Gasteiger partial charge >= 0.3 is 0 Å². The molecule has 1 atom stereocenters. The zero-order valence-corrected chi connectivity index (χ0v) is 19.4. The molecular formula is C27H21N3O6. The summed E-state index contributed by atoms with van der Waals surface area (Å²) >= 11 is 0. The molecule has 0 bridgehead atoms. The quantitative estimate of drug-likeness (QED) is 0.135. The van der Waals surface area contributed by atoms with Gasteiger partial charge in [-0.25, -0.2) is 0 Å². The fourth-order valence-electron chi connectivity index (χ4n) is 4.71. The number of rotatable bonds is 5. The van der Waals surface area contributed by atoms with Gasteiger partial charge < -0.3 is 14.8 Å². The number of nitrogens with one attached hydrogen (secondary N) is 1. The summed E-state index contributed by atoms with van der Waals surface area (Å²) in [4.78, 5) is 42.2. The smallest absolute Gasteiger partial charge is 0.300 e. The number of nitrogens with zero attached hydrogens (tertiary/aromatic N) is 2. The van der Waals surface area contributed by atoms with Gasteiger partial charge in [-0.3, -0.25) is 24.6 Å². The van der Waals surface area contributed by atoms with Gasteiger partial charge in [-0.2, -0.15) is 0 Å². The number of hydrogen-bond acceptors (Lipinski definition) is 6. The van der Waals surface area contributed by atoms with Gasteiger partial charge in [0.25, 0.3) is 17.4 Å². The van der Waals surface area contributed by atoms with Gasteiger partial charge in [0, 0.05) is 51.6 Å². The van der Waals surface area contributed by atoms with Gasteiger partial charge in [-0.15, -0.1) is 0 Å². The lowest BCUT2D eigenvalue weighted by Crippen LogP contribution is -2.29. The molecule has 1 aromatic heterocycles. The van der Waals surface area contributed by atoms with Crippen molar-refractivity contribution in [1.82, 2.24) is 4.98 Å². The molecule has 36 heavy (non-hydrogen) atoms. The fraction of sp³-hybridized carbons (Fsp3) is 0.111. The van der Waals surface area contributed by atoms with E-state index in [-0.39, 0.29) is 16.8 Å². The first-order chi connectivity index (χ1) is 17.3. The van der Waals surface area contributed by atoms with E-state index in [4.69, 9.17) is 4.74 Å². The Morgan fingerprint density at radius 2 is 1.81 bits per heavy atom. The number of amides is 1. The monoisotopic (exact) mass is 483 g/mol. The molecule has 1 aliphatic rings. The Hall–Kier alpha value is -4.92. The van der Waals surface area contributed by atoms with Gasteiger partial charge in [0.05, 0.1) is 23.6 Å². The number of para-hydroxylation sites is 1. The summed E-state index contributed by atoms with van der Waals surface area (Å²) in [7, 11) is 1.50. The SMILES string of the molecule is COc1cccc(N2C(=O)C(=O)/C(=C(/O)c3cccc([N+](=O)[O-])c3)C2c2c(C)[nH]c3ccccc23)c1. The highest BCUT2D eigenvalue weighted by Gasteiger charge is 2.48. The van der Waals surface area contributed by atoms with Crippen LogP contribution >= 0.6 is 0 Å². The van der Waals surface area contributed by atoms with E-state index >= 15 is 0 Å². The van der Waals surface area contributed by atoms with Crippen LogP contribution < -0.4 is 9.64 Å². The lowest BCUT2D eigenvalue weighted by Gasteiger charge is -2.26. The Kier molecular flexibility index (Phi) is 5.52. The first-order valence-corrected chi connectivity index (χ1v) is 11.1. The Labute approximate surface area is 205 Å². The molecule has 3 aromatic carbocycles. The minimum absolute atomic E-state index is 0.0651. The van der Waals surface area contributed by atoms with Crippen molar-refractivity contribution in [2.24, 2.45) is 0 Å². The summed E-state index contributed by atoms with van der Waals surface area (Å²) in [6, 6.07) is 18.5. The number of carbonyl (C=O) groups excluding carboxylic acids is 2. The van der Waals surface area contributed by atoms with Crippen LogP contribution in [0.25, 0.3) is 16.7 Å². The molecule has 1 amide bonds. The van der Waals surface area contributed by atoms with Crippen LogP contribution in [-0.4, -0.2) is 33.8 Å². The average molecular weight is 483 g/mol. The Balaban J connectivity index is 1.81. The number of anilines is 1. The van der Waals surface area contributed by atoms with Gasteiger partial charge in [-0.05, 0) is 25.1 Å². The second-order valence-electron chi connectivity index (χ2n) is 8.39. The molecule has 1 aliphatic heterocycles. The number of Topliss-reactive ketones (excluding diaryl/α,β-unsaturated/α-hetero) is 1. The van der Waals surface area contributed by atoms with Crippen LogP contribution in [-0.2, 0) is 9.59 Å². The van der Waals surface area contributed by atoms with E-state index in [0.29, 0.717) is 22.7 Å². The molecule has 9 nitrogen and oxygen atoms in total. The number of aliphatic hydroxyl groups is 1. The largest absolute Gasteiger partial charge is 0.507 e. The van der Waals surface area contributed by atoms with Crippen molar-refractivity contribution >= 4 is 39.7 Å². The zero-order valence-electron chi connectivity index (χ0n) is 19.4. The van der Waals surface area contributed by atoms with Crippen molar-refractivity contribution in [3.63, 3.8) is 0 Å². The van der Waals surface area contributed by atoms with E-state index in [1.54, 1.807) is 24.3 Å². The molecule has 180 valence electrons. The number of ether oxygens (including phenoxy) is 1. The molecule has 2 heterocycles. The first-order valence-electron chi connectivity index (χ1n) is 11.1. The average Bonchev–Trinajstić information content (AvgIpc) is 3.35. The number of benzene rings is 3. The van der Waals surface area contributed by atoms with Crippen LogP contribution in [0.15, 0.2) is 78.4 Å². The van der Waals surface area contributed by atoms with Crippen molar-refractivity contribution in [3.8, 4) is 5.75 Å². The maximum absolute atomic E-state index is 13.5. The van der Waals surface area contributed by atoms with E-state index in [2.05, 4.69) is 4.98 Å². The third-order valence-electron chi connectivity index (χ3n) is 6.32. The second kappa shape index (κ2) is 8.70. The van der Waals surface area contributed by atoms with Crippen LogP contribution in [0.5, 0.6) is 5.75 Å². The molecular weight excluding hydrogens is 462 g/mol. The molecule has 1 saturated heterocycles. The van der Waals surface area contributed by atoms with Crippen LogP contribution in [0.4, 0.5) is 11.4 Å². The van der Waals surface area contributed by atoms with Crippen LogP contribution in [0.3, 0.4) is 0 Å². The molecule has 2 N–H and O–H groups in total. The topological polar surface area (TPSA) is 126 Å². The second-order valence-corrected chi connectivity index (χ2v) is 8.39. The molecule has 0 aliphatic carbocycles. The summed E-state index contributed by atoms with van der Waals surface area (Å²) in [6.07, 6.45) is 0. The maximum atomic E-state index is 13.5. The molecule has 0 saturated carbocycles. The minimum atomic E-state index is -0.993. The normalized spacial score (nSPS) is 17.1. The number of aliphatic hydroxyl groups excluding tert-OH is 1.